The van der Waals surface area contributed by atoms with Gasteiger partial charge in [0.15, 0.2) is 0 Å². The lowest BCUT2D eigenvalue weighted by Crippen LogP contribution is -2.32. The maximum absolute atomic E-state index is 13.6. The van der Waals surface area contributed by atoms with Crippen LogP contribution in [0.25, 0.3) is 5.57 Å². The van der Waals surface area contributed by atoms with Crippen LogP contribution in [0.3, 0.4) is 0 Å². The number of carbonyl (C=O) groups excluding carboxylic acids is 2. The molecule has 0 aliphatic carbocycles. The van der Waals surface area contributed by atoms with Crippen molar-refractivity contribution in [2.45, 2.75) is 13.3 Å². The highest BCUT2D eigenvalue weighted by atomic mass is 19.1. The molecule has 2 amide bonds. The maximum atomic E-state index is 13.6. The number of amides is 2. The molecule has 4 rings (SSSR count). The number of nitrogens with zero attached hydrogens (tertiary/aromatic N) is 1. The van der Waals surface area contributed by atoms with Gasteiger partial charge in [-0.05, 0) is 60.5 Å². The van der Waals surface area contributed by atoms with Crippen molar-refractivity contribution >= 4 is 28.8 Å². The SMILES string of the molecule is CCCOc1ccccc1N1C(=O)C(Nc2ccc(OC)cc2)=C(c2ccc(F)cc2)C1=O. The van der Waals surface area contributed by atoms with E-state index in [9.17, 15) is 14.0 Å². The molecule has 3 aromatic rings. The number of imide groups is 1. The summed E-state index contributed by atoms with van der Waals surface area (Å²) in [4.78, 5) is 28.2. The zero-order valence-electron chi connectivity index (χ0n) is 18.3. The summed E-state index contributed by atoms with van der Waals surface area (Å²) in [5.74, 6) is -0.384. The average molecular weight is 446 g/mol. The van der Waals surface area contributed by atoms with E-state index in [1.54, 1.807) is 55.6 Å². The predicted molar refractivity (Wildman–Crippen MR) is 125 cm³/mol. The van der Waals surface area contributed by atoms with Crippen LogP contribution in [0.4, 0.5) is 15.8 Å². The molecule has 0 atom stereocenters. The minimum atomic E-state index is -0.525. The van der Waals surface area contributed by atoms with Gasteiger partial charge >= 0.3 is 0 Å². The fraction of sp³-hybridized carbons (Fsp3) is 0.154. The van der Waals surface area contributed by atoms with Crippen molar-refractivity contribution in [1.29, 1.82) is 0 Å². The van der Waals surface area contributed by atoms with E-state index in [0.717, 1.165) is 11.3 Å². The lowest BCUT2D eigenvalue weighted by atomic mass is 10.0. The Morgan fingerprint density at radius 2 is 1.61 bits per heavy atom. The molecule has 7 heteroatoms. The third-order valence-corrected chi connectivity index (χ3v) is 5.14. The Morgan fingerprint density at radius 3 is 2.27 bits per heavy atom. The van der Waals surface area contributed by atoms with Crippen LogP contribution in [0.5, 0.6) is 11.5 Å². The van der Waals surface area contributed by atoms with Crippen LogP contribution >= 0.6 is 0 Å². The number of rotatable bonds is 8. The van der Waals surface area contributed by atoms with Crippen molar-refractivity contribution in [3.8, 4) is 11.5 Å². The molecular formula is C26H23FN2O4. The van der Waals surface area contributed by atoms with Gasteiger partial charge in [0.1, 0.15) is 23.0 Å². The highest BCUT2D eigenvalue weighted by Crippen LogP contribution is 2.38. The second kappa shape index (κ2) is 9.56. The van der Waals surface area contributed by atoms with Crippen molar-refractivity contribution < 1.29 is 23.5 Å². The Morgan fingerprint density at radius 1 is 0.909 bits per heavy atom. The third-order valence-electron chi connectivity index (χ3n) is 5.14. The number of ether oxygens (including phenoxy) is 2. The smallest absolute Gasteiger partial charge is 0.282 e. The van der Waals surface area contributed by atoms with E-state index < -0.39 is 17.6 Å². The number of hydrogen-bond acceptors (Lipinski definition) is 5. The van der Waals surface area contributed by atoms with Gasteiger partial charge in [-0.25, -0.2) is 9.29 Å². The lowest BCUT2D eigenvalue weighted by molar-refractivity contribution is -0.120. The average Bonchev–Trinajstić information content (AvgIpc) is 3.08. The van der Waals surface area contributed by atoms with Gasteiger partial charge in [-0.2, -0.15) is 0 Å². The molecule has 168 valence electrons. The monoisotopic (exact) mass is 446 g/mol. The highest BCUT2D eigenvalue weighted by molar-refractivity contribution is 6.46. The summed E-state index contributed by atoms with van der Waals surface area (Å²) >= 11 is 0. The molecule has 0 aromatic heterocycles. The minimum absolute atomic E-state index is 0.0991. The molecule has 1 aliphatic rings. The molecule has 0 saturated carbocycles. The third kappa shape index (κ3) is 4.43. The van der Waals surface area contributed by atoms with Crippen molar-refractivity contribution in [2.75, 3.05) is 23.9 Å². The van der Waals surface area contributed by atoms with Gasteiger partial charge in [0.25, 0.3) is 11.8 Å². The summed E-state index contributed by atoms with van der Waals surface area (Å²) in [5.41, 5.74) is 1.64. The van der Waals surface area contributed by atoms with Gasteiger partial charge in [0.2, 0.25) is 0 Å². The summed E-state index contributed by atoms with van der Waals surface area (Å²) in [7, 11) is 1.56. The first-order valence-corrected chi connectivity index (χ1v) is 10.6. The van der Waals surface area contributed by atoms with Gasteiger partial charge in [-0.1, -0.05) is 31.2 Å². The zero-order valence-corrected chi connectivity index (χ0v) is 18.3. The lowest BCUT2D eigenvalue weighted by Gasteiger charge is -2.19. The maximum Gasteiger partial charge on any atom is 0.282 e. The Kier molecular flexibility index (Phi) is 6.40. The number of hydrogen-bond donors (Lipinski definition) is 1. The number of halogens is 1. The van der Waals surface area contributed by atoms with Crippen LogP contribution < -0.4 is 19.7 Å². The molecule has 1 aliphatic heterocycles. The Hall–Kier alpha value is -4.13. The number of nitrogens with one attached hydrogen (secondary N) is 1. The predicted octanol–water partition coefficient (Wildman–Crippen LogP) is 5.02. The van der Waals surface area contributed by atoms with Crippen LogP contribution in [0.2, 0.25) is 0 Å². The van der Waals surface area contributed by atoms with Crippen molar-refractivity contribution in [2.24, 2.45) is 0 Å². The number of benzene rings is 3. The van der Waals surface area contributed by atoms with Crippen LogP contribution in [0.15, 0.2) is 78.5 Å². The van der Waals surface area contributed by atoms with E-state index >= 15 is 0 Å². The number of methoxy groups -OCH3 is 1. The number of para-hydroxylation sites is 2. The summed E-state index contributed by atoms with van der Waals surface area (Å²) in [6.07, 6.45) is 0.777. The molecule has 0 unspecified atom stereocenters. The van der Waals surface area contributed by atoms with E-state index in [2.05, 4.69) is 5.32 Å². The van der Waals surface area contributed by atoms with Gasteiger partial charge < -0.3 is 14.8 Å². The summed E-state index contributed by atoms with van der Waals surface area (Å²) in [5, 5.41) is 3.08. The quantitative estimate of drug-likeness (QED) is 0.492. The first-order valence-electron chi connectivity index (χ1n) is 10.6. The first-order chi connectivity index (χ1) is 16.0. The molecule has 0 saturated heterocycles. The minimum Gasteiger partial charge on any atom is -0.497 e. The van der Waals surface area contributed by atoms with Crippen molar-refractivity contribution in [3.63, 3.8) is 0 Å². The number of anilines is 2. The fourth-order valence-corrected chi connectivity index (χ4v) is 3.54. The highest BCUT2D eigenvalue weighted by Gasteiger charge is 2.41. The molecule has 1 heterocycles. The number of carbonyl (C=O) groups is 2. The largest absolute Gasteiger partial charge is 0.497 e. The first kappa shape index (κ1) is 22.1. The van der Waals surface area contributed by atoms with E-state index in [1.165, 1.54) is 24.3 Å². The molecule has 0 fully saturated rings. The van der Waals surface area contributed by atoms with Gasteiger partial charge in [0.05, 0.1) is 25.0 Å². The second-order valence-electron chi connectivity index (χ2n) is 7.37. The van der Waals surface area contributed by atoms with E-state index in [1.807, 2.05) is 6.92 Å². The molecule has 0 radical (unpaired) electrons. The molecule has 6 nitrogen and oxygen atoms in total. The normalized spacial score (nSPS) is 13.5. The van der Waals surface area contributed by atoms with E-state index in [-0.39, 0.29) is 11.3 Å². The van der Waals surface area contributed by atoms with Crippen LogP contribution in [-0.2, 0) is 9.59 Å². The second-order valence-corrected chi connectivity index (χ2v) is 7.37. The van der Waals surface area contributed by atoms with Crippen LogP contribution in [0, 0.1) is 5.82 Å². The van der Waals surface area contributed by atoms with Crippen molar-refractivity contribution in [1.82, 2.24) is 0 Å². The van der Waals surface area contributed by atoms with Gasteiger partial charge in [-0.3, -0.25) is 9.59 Å². The molecule has 1 N–H and O–H groups in total. The Balaban J connectivity index is 1.78. The summed E-state index contributed by atoms with van der Waals surface area (Å²) in [6, 6.07) is 19.4. The molecule has 0 bridgehead atoms. The van der Waals surface area contributed by atoms with Crippen molar-refractivity contribution in [3.05, 3.63) is 89.9 Å². The Labute approximate surface area is 191 Å². The van der Waals surface area contributed by atoms with E-state index in [4.69, 9.17) is 9.47 Å². The fourth-order valence-electron chi connectivity index (χ4n) is 3.54. The summed E-state index contributed by atoms with van der Waals surface area (Å²) < 4.78 is 24.5. The van der Waals surface area contributed by atoms with Gasteiger partial charge in [-0.15, -0.1) is 0 Å². The molecule has 0 spiro atoms. The standard InChI is InChI=1S/C26H23FN2O4/c1-3-16-33-22-7-5-4-6-21(22)29-25(30)23(17-8-10-18(27)11-9-17)24(26(29)31)28-19-12-14-20(32-2)15-13-19/h4-15,28H,3,16H2,1-2H3. The molecule has 3 aromatic carbocycles. The van der Waals surface area contributed by atoms with Crippen LogP contribution in [0.1, 0.15) is 18.9 Å². The topological polar surface area (TPSA) is 67.9 Å². The van der Waals surface area contributed by atoms with Crippen LogP contribution in [-0.4, -0.2) is 25.5 Å². The van der Waals surface area contributed by atoms with E-state index in [0.29, 0.717) is 35.0 Å². The Bertz CT molecular complexity index is 1200. The van der Waals surface area contributed by atoms with Gasteiger partial charge in [0, 0.05) is 5.69 Å². The zero-order chi connectivity index (χ0) is 23.4. The summed E-state index contributed by atoms with van der Waals surface area (Å²) in [6.45, 7) is 2.42. The molecule has 33 heavy (non-hydrogen) atoms. The molecular weight excluding hydrogens is 423 g/mol.